The van der Waals surface area contributed by atoms with Crippen LogP contribution in [0.3, 0.4) is 0 Å². The molecule has 3 nitrogen and oxygen atoms in total. The zero-order valence-corrected chi connectivity index (χ0v) is 11.9. The van der Waals surface area contributed by atoms with Gasteiger partial charge >= 0.3 is 0 Å². The van der Waals surface area contributed by atoms with E-state index in [2.05, 4.69) is 41.6 Å². The minimum atomic E-state index is -0.482. The third-order valence-corrected chi connectivity index (χ3v) is 3.44. The maximum absolute atomic E-state index is 10.4. The molecule has 2 rings (SSSR count). The van der Waals surface area contributed by atoms with Crippen molar-refractivity contribution in [3.63, 3.8) is 0 Å². The van der Waals surface area contributed by atoms with Crippen LogP contribution in [0.2, 0.25) is 0 Å². The third kappa shape index (κ3) is 3.24. The second-order valence-electron chi connectivity index (χ2n) is 5.12. The number of nitrogens with zero attached hydrogens (tertiary/aromatic N) is 2. The first-order valence-corrected chi connectivity index (χ1v) is 6.87. The van der Waals surface area contributed by atoms with Crippen LogP contribution in [0, 0.1) is 13.8 Å². The van der Waals surface area contributed by atoms with E-state index < -0.39 is 6.10 Å². The summed E-state index contributed by atoms with van der Waals surface area (Å²) < 4.78 is 2.05. The van der Waals surface area contributed by atoms with Crippen LogP contribution < -0.4 is 0 Å². The lowest BCUT2D eigenvalue weighted by molar-refractivity contribution is 0.154. The van der Waals surface area contributed by atoms with Crippen LogP contribution in [0.1, 0.15) is 42.0 Å². The van der Waals surface area contributed by atoms with Crippen LogP contribution in [0.5, 0.6) is 0 Å². The van der Waals surface area contributed by atoms with Crippen molar-refractivity contribution >= 4 is 0 Å². The number of rotatable bonds is 5. The number of aliphatic hydroxyl groups is 1. The molecule has 1 aromatic carbocycles. The van der Waals surface area contributed by atoms with Crippen molar-refractivity contribution in [3.8, 4) is 0 Å². The highest BCUT2D eigenvalue weighted by Gasteiger charge is 2.13. The van der Waals surface area contributed by atoms with Crippen LogP contribution in [0.25, 0.3) is 0 Å². The van der Waals surface area contributed by atoms with Gasteiger partial charge in [0.2, 0.25) is 0 Å². The predicted molar refractivity (Wildman–Crippen MR) is 77.1 cm³/mol. The zero-order valence-electron chi connectivity index (χ0n) is 11.9. The molecule has 19 heavy (non-hydrogen) atoms. The summed E-state index contributed by atoms with van der Waals surface area (Å²) in [6.07, 6.45) is 5.29. The Bertz CT molecular complexity index is 545. The highest BCUT2D eigenvalue weighted by molar-refractivity contribution is 5.32. The lowest BCUT2D eigenvalue weighted by Gasteiger charge is -2.16. The Hall–Kier alpha value is -1.61. The van der Waals surface area contributed by atoms with Gasteiger partial charge in [-0.2, -0.15) is 0 Å². The van der Waals surface area contributed by atoms with Crippen LogP contribution in [-0.2, 0) is 13.0 Å². The highest BCUT2D eigenvalue weighted by atomic mass is 16.3. The fourth-order valence-corrected chi connectivity index (χ4v) is 2.36. The van der Waals surface area contributed by atoms with Crippen molar-refractivity contribution in [2.75, 3.05) is 0 Å². The maximum atomic E-state index is 10.4. The van der Waals surface area contributed by atoms with Crippen molar-refractivity contribution < 1.29 is 5.11 Å². The summed E-state index contributed by atoms with van der Waals surface area (Å²) in [6.45, 7) is 6.80. The molecule has 1 N–H and O–H groups in total. The van der Waals surface area contributed by atoms with E-state index in [1.54, 1.807) is 6.20 Å². The van der Waals surface area contributed by atoms with E-state index in [0.29, 0.717) is 6.54 Å². The van der Waals surface area contributed by atoms with Gasteiger partial charge in [-0.15, -0.1) is 0 Å². The first-order valence-electron chi connectivity index (χ1n) is 6.87. The van der Waals surface area contributed by atoms with E-state index in [-0.39, 0.29) is 0 Å². The Kier molecular flexibility index (Phi) is 4.38. The molecule has 1 unspecified atom stereocenters. The van der Waals surface area contributed by atoms with Crippen molar-refractivity contribution in [1.29, 1.82) is 0 Å². The minimum Gasteiger partial charge on any atom is -0.387 e. The molecule has 0 radical (unpaired) electrons. The van der Waals surface area contributed by atoms with E-state index in [0.717, 1.165) is 29.8 Å². The van der Waals surface area contributed by atoms with Crippen molar-refractivity contribution in [2.24, 2.45) is 0 Å². The summed E-state index contributed by atoms with van der Waals surface area (Å²) in [4.78, 5) is 4.34. The van der Waals surface area contributed by atoms with Crippen LogP contribution in [0.15, 0.2) is 30.6 Å². The van der Waals surface area contributed by atoms with E-state index in [9.17, 15) is 5.11 Å². The number of hydrogen-bond acceptors (Lipinski definition) is 2. The molecule has 0 saturated carbocycles. The van der Waals surface area contributed by atoms with Gasteiger partial charge in [0.05, 0.1) is 12.6 Å². The van der Waals surface area contributed by atoms with Crippen LogP contribution >= 0.6 is 0 Å². The average Bonchev–Trinajstić information content (AvgIpc) is 2.80. The van der Waals surface area contributed by atoms with Gasteiger partial charge in [-0.1, -0.05) is 30.7 Å². The number of aliphatic hydroxyl groups excluding tert-OH is 1. The molecule has 0 saturated heterocycles. The molecule has 0 aliphatic heterocycles. The minimum absolute atomic E-state index is 0.482. The van der Waals surface area contributed by atoms with E-state index >= 15 is 0 Å². The normalized spacial score (nSPS) is 12.6. The molecule has 1 atom stereocenters. The summed E-state index contributed by atoms with van der Waals surface area (Å²) >= 11 is 0. The Balaban J connectivity index is 2.18. The molecule has 0 spiro atoms. The fourth-order valence-electron chi connectivity index (χ4n) is 2.36. The van der Waals surface area contributed by atoms with Crippen LogP contribution in [-0.4, -0.2) is 14.7 Å². The van der Waals surface area contributed by atoms with Gasteiger partial charge in [0.15, 0.2) is 0 Å². The molecule has 0 bridgehead atoms. The van der Waals surface area contributed by atoms with Gasteiger partial charge in [-0.05, 0) is 31.4 Å². The van der Waals surface area contributed by atoms with E-state index in [1.807, 2.05) is 13.1 Å². The lowest BCUT2D eigenvalue weighted by atomic mass is 10.0. The molecule has 0 fully saturated rings. The van der Waals surface area contributed by atoms with Crippen molar-refractivity contribution in [1.82, 2.24) is 9.55 Å². The highest BCUT2D eigenvalue weighted by Crippen LogP contribution is 2.21. The lowest BCUT2D eigenvalue weighted by Crippen LogP contribution is -2.12. The van der Waals surface area contributed by atoms with Crippen molar-refractivity contribution in [2.45, 2.75) is 46.3 Å². The molecule has 1 aromatic heterocycles. The average molecular weight is 258 g/mol. The number of imidazole rings is 1. The standard InChI is InChI=1S/C16H22N2O/c1-4-5-16-17-8-9-18(16)11-15(19)14-10-12(2)6-7-13(14)3/h6-10,15,19H,4-5,11H2,1-3H3. The smallest absolute Gasteiger partial charge is 0.108 e. The zero-order chi connectivity index (χ0) is 13.8. The number of benzene rings is 1. The van der Waals surface area contributed by atoms with Gasteiger partial charge in [0.1, 0.15) is 5.82 Å². The Morgan fingerprint density at radius 1 is 1.32 bits per heavy atom. The summed E-state index contributed by atoms with van der Waals surface area (Å²) in [5, 5.41) is 10.4. The molecule has 1 heterocycles. The fraction of sp³-hybridized carbons (Fsp3) is 0.438. The quantitative estimate of drug-likeness (QED) is 0.894. The summed E-state index contributed by atoms with van der Waals surface area (Å²) in [6, 6.07) is 6.20. The van der Waals surface area contributed by atoms with Crippen LogP contribution in [0.4, 0.5) is 0 Å². The predicted octanol–water partition coefficient (Wildman–Crippen LogP) is 3.19. The number of aromatic nitrogens is 2. The first kappa shape index (κ1) is 13.8. The molecule has 0 aliphatic carbocycles. The van der Waals surface area contributed by atoms with Gasteiger partial charge < -0.3 is 9.67 Å². The molecular formula is C16H22N2O. The summed E-state index contributed by atoms with van der Waals surface area (Å²) in [7, 11) is 0. The topological polar surface area (TPSA) is 38.0 Å². The Morgan fingerprint density at radius 3 is 2.84 bits per heavy atom. The van der Waals surface area contributed by atoms with E-state index in [1.165, 1.54) is 5.56 Å². The first-order chi connectivity index (χ1) is 9.11. The number of hydrogen-bond donors (Lipinski definition) is 1. The Labute approximate surface area is 114 Å². The van der Waals surface area contributed by atoms with Gasteiger partial charge in [0, 0.05) is 18.8 Å². The SMILES string of the molecule is CCCc1nccn1CC(O)c1cc(C)ccc1C. The van der Waals surface area contributed by atoms with Gasteiger partial charge in [0.25, 0.3) is 0 Å². The largest absolute Gasteiger partial charge is 0.387 e. The van der Waals surface area contributed by atoms with Crippen molar-refractivity contribution in [3.05, 3.63) is 53.1 Å². The molecule has 0 aliphatic rings. The van der Waals surface area contributed by atoms with Gasteiger partial charge in [-0.25, -0.2) is 4.98 Å². The molecule has 102 valence electrons. The monoisotopic (exact) mass is 258 g/mol. The molecule has 0 amide bonds. The molecule has 2 aromatic rings. The third-order valence-electron chi connectivity index (χ3n) is 3.44. The van der Waals surface area contributed by atoms with Gasteiger partial charge in [-0.3, -0.25) is 0 Å². The summed E-state index contributed by atoms with van der Waals surface area (Å²) in [5.74, 6) is 1.05. The summed E-state index contributed by atoms with van der Waals surface area (Å²) in [5.41, 5.74) is 3.32. The second kappa shape index (κ2) is 6.02. The second-order valence-corrected chi connectivity index (χ2v) is 5.12. The molecular weight excluding hydrogens is 236 g/mol. The molecule has 3 heteroatoms. The Morgan fingerprint density at radius 2 is 2.11 bits per heavy atom. The van der Waals surface area contributed by atoms with E-state index in [4.69, 9.17) is 0 Å². The number of aryl methyl sites for hydroxylation is 3. The maximum Gasteiger partial charge on any atom is 0.108 e.